The lowest BCUT2D eigenvalue weighted by molar-refractivity contribution is 0.0597. The average molecular weight is 910 g/mol. The highest BCUT2D eigenvalue weighted by molar-refractivity contribution is 5.40. The largest absolute Gasteiger partial charge is 0.286 e. The van der Waals surface area contributed by atoms with Gasteiger partial charge in [-0.05, 0) is 209 Å². The van der Waals surface area contributed by atoms with Crippen LogP contribution in [0.3, 0.4) is 0 Å². The molecule has 0 bridgehead atoms. The van der Waals surface area contributed by atoms with Crippen molar-refractivity contribution in [1.82, 2.24) is 16.0 Å². The van der Waals surface area contributed by atoms with Gasteiger partial charge in [-0.3, -0.25) is 16.0 Å². The molecule has 1 saturated heterocycles. The van der Waals surface area contributed by atoms with E-state index in [2.05, 4.69) is 113 Å². The van der Waals surface area contributed by atoms with Crippen molar-refractivity contribution in [3.63, 3.8) is 0 Å². The van der Waals surface area contributed by atoms with E-state index in [1.165, 1.54) is 141 Å². The Morgan fingerprint density at radius 1 is 0.441 bits per heavy atom. The van der Waals surface area contributed by atoms with Crippen molar-refractivity contribution >= 4 is 0 Å². The summed E-state index contributed by atoms with van der Waals surface area (Å²) in [5.74, 6) is 15.3. The number of hydrogen-bond donors (Lipinski definition) is 3. The lowest BCUT2D eigenvalue weighted by Gasteiger charge is -2.49. The highest BCUT2D eigenvalue weighted by atomic mass is 15.4. The Bertz CT molecular complexity index is 2210. The van der Waals surface area contributed by atoms with Crippen molar-refractivity contribution in [2.75, 3.05) is 0 Å². The van der Waals surface area contributed by atoms with E-state index >= 15 is 0 Å². The Hall–Kier alpha value is -2.72. The number of nitrogens with one attached hydrogen (secondary N) is 3. The fraction of sp³-hybridized carbons (Fsp3) is 0.692. The van der Waals surface area contributed by atoms with E-state index in [1.807, 2.05) is 16.7 Å². The number of fused-ring (bicyclic) bond motifs is 6. The van der Waals surface area contributed by atoms with Crippen LogP contribution in [0.5, 0.6) is 0 Å². The Morgan fingerprint density at radius 2 is 1.22 bits per heavy atom. The van der Waals surface area contributed by atoms with E-state index in [0.717, 1.165) is 83.4 Å². The highest BCUT2D eigenvalue weighted by Crippen LogP contribution is 2.63. The number of hydrogen-bond acceptors (Lipinski definition) is 3. The second-order valence-electron chi connectivity index (χ2n) is 26.0. The highest BCUT2D eigenvalue weighted by Gasteiger charge is 2.55. The summed E-state index contributed by atoms with van der Waals surface area (Å²) >= 11 is 0. The third kappa shape index (κ3) is 7.81. The van der Waals surface area contributed by atoms with Crippen LogP contribution < -0.4 is 16.0 Å². The predicted molar refractivity (Wildman–Crippen MR) is 280 cm³/mol. The molecular formula is C65H87N3. The van der Waals surface area contributed by atoms with Crippen LogP contribution in [-0.2, 0) is 0 Å². The van der Waals surface area contributed by atoms with Gasteiger partial charge in [0.15, 0.2) is 0 Å². The zero-order chi connectivity index (χ0) is 44.7. The van der Waals surface area contributed by atoms with Crippen LogP contribution in [0, 0.1) is 112 Å². The van der Waals surface area contributed by atoms with E-state index < -0.39 is 0 Å². The molecule has 0 aromatic carbocycles. The van der Waals surface area contributed by atoms with E-state index in [0.29, 0.717) is 47.8 Å². The normalized spacial score (nSPS) is 50.0. The molecule has 22 atom stereocenters. The number of allylic oxidation sites excluding steroid dienone is 18. The van der Waals surface area contributed by atoms with E-state index in [-0.39, 0.29) is 6.17 Å². The minimum atomic E-state index is 0.271. The molecular weight excluding hydrogens is 823 g/mol. The molecule has 0 aromatic rings. The first-order valence-electron chi connectivity index (χ1n) is 29.8. The SMILES string of the molecule is C1=CCC(C2NC(C3=CC(C4C=CCC(C5=CC=C6C7CCCCC7C7CCCC5C67)C4)CCC3)NC(C3CCCC(C4CCCC(C5C=CC6C7C=CC=CC7C7=CCCC5C76)C4)C3)N2)C=C1. The molecule has 3 N–H and O–H groups in total. The van der Waals surface area contributed by atoms with Gasteiger partial charge in [-0.15, -0.1) is 0 Å². The van der Waals surface area contributed by atoms with E-state index in [1.54, 1.807) is 5.57 Å². The third-order valence-electron chi connectivity index (χ3n) is 23.1. The van der Waals surface area contributed by atoms with Crippen LogP contribution in [0.4, 0.5) is 0 Å². The molecule has 3 heteroatoms. The summed E-state index contributed by atoms with van der Waals surface area (Å²) < 4.78 is 0. The molecule has 362 valence electrons. The lowest BCUT2D eigenvalue weighted by Crippen LogP contribution is -2.71. The lowest BCUT2D eigenvalue weighted by atomic mass is 9.58. The quantitative estimate of drug-likeness (QED) is 0.223. The first-order valence-corrected chi connectivity index (χ1v) is 29.8. The van der Waals surface area contributed by atoms with Crippen molar-refractivity contribution in [2.45, 2.75) is 166 Å². The molecule has 1 aliphatic heterocycles. The summed E-state index contributed by atoms with van der Waals surface area (Å²) in [5.41, 5.74) is 7.31. The van der Waals surface area contributed by atoms with E-state index in [4.69, 9.17) is 0 Å². The smallest absolute Gasteiger partial charge is 0.0818 e. The second-order valence-corrected chi connectivity index (χ2v) is 26.0. The van der Waals surface area contributed by atoms with Gasteiger partial charge in [-0.1, -0.05) is 159 Å². The van der Waals surface area contributed by atoms with Gasteiger partial charge < -0.3 is 0 Å². The van der Waals surface area contributed by atoms with Gasteiger partial charge in [0.1, 0.15) is 0 Å². The van der Waals surface area contributed by atoms with Gasteiger partial charge in [0.25, 0.3) is 0 Å². The molecule has 6 saturated carbocycles. The maximum atomic E-state index is 4.37. The minimum absolute atomic E-state index is 0.271. The summed E-state index contributed by atoms with van der Waals surface area (Å²) in [5, 5.41) is 12.9. The number of rotatable bonds is 7. The van der Waals surface area contributed by atoms with Crippen LogP contribution in [0.25, 0.3) is 0 Å². The summed E-state index contributed by atoms with van der Waals surface area (Å²) in [6, 6.07) is 0. The fourth-order valence-corrected chi connectivity index (χ4v) is 20.3. The molecule has 14 rings (SSSR count). The Kier molecular flexibility index (Phi) is 12.1. The van der Waals surface area contributed by atoms with Crippen LogP contribution in [-0.4, -0.2) is 18.5 Å². The zero-order valence-electron chi connectivity index (χ0n) is 41.7. The molecule has 0 radical (unpaired) electrons. The van der Waals surface area contributed by atoms with Crippen molar-refractivity contribution in [3.05, 3.63) is 120 Å². The molecule has 13 aliphatic carbocycles. The summed E-state index contributed by atoms with van der Waals surface area (Å²) in [7, 11) is 0. The van der Waals surface area contributed by atoms with Crippen molar-refractivity contribution in [2.24, 2.45) is 112 Å². The van der Waals surface area contributed by atoms with Crippen LogP contribution in [0.2, 0.25) is 0 Å². The van der Waals surface area contributed by atoms with Gasteiger partial charge in [0.2, 0.25) is 0 Å². The predicted octanol–water partition coefficient (Wildman–Crippen LogP) is 14.6. The topological polar surface area (TPSA) is 36.1 Å². The maximum Gasteiger partial charge on any atom is 0.0818 e. The minimum Gasteiger partial charge on any atom is -0.286 e. The fourth-order valence-electron chi connectivity index (χ4n) is 20.3. The maximum absolute atomic E-state index is 4.37. The van der Waals surface area contributed by atoms with Gasteiger partial charge >= 0.3 is 0 Å². The molecule has 0 aromatic heterocycles. The average Bonchev–Trinajstić information content (AvgIpc) is 3.93. The van der Waals surface area contributed by atoms with Gasteiger partial charge in [-0.2, -0.15) is 0 Å². The molecule has 14 aliphatic rings. The molecule has 3 nitrogen and oxygen atoms in total. The van der Waals surface area contributed by atoms with Crippen molar-refractivity contribution < 1.29 is 0 Å². The van der Waals surface area contributed by atoms with Crippen LogP contribution >= 0.6 is 0 Å². The zero-order valence-corrected chi connectivity index (χ0v) is 41.7. The van der Waals surface area contributed by atoms with Gasteiger partial charge in [0.05, 0.1) is 18.5 Å². The van der Waals surface area contributed by atoms with Gasteiger partial charge in [0, 0.05) is 11.8 Å². The summed E-state index contributed by atoms with van der Waals surface area (Å²) in [6.07, 6.45) is 74.5. The van der Waals surface area contributed by atoms with Crippen molar-refractivity contribution in [1.29, 1.82) is 0 Å². The molecule has 68 heavy (non-hydrogen) atoms. The monoisotopic (exact) mass is 910 g/mol. The molecule has 7 fully saturated rings. The van der Waals surface area contributed by atoms with E-state index in [9.17, 15) is 0 Å². The standard InChI is InChI=1S/C65H87N3/c1-2-14-40(15-3-1)63-66-64(47-22-10-18-43(38-47)41-16-8-20-45(36-41)49-32-34-59-53-26-6-4-24-51(53)57-30-12-28-55(49)61(57)59)68-65(67-63)48-23-11-19-44(39-48)42-17-9-21-46(37-42)50-33-35-60-54-27-7-5-25-52(54)58-31-13-29-56(50)62(58)60/h1-4,6,9,14,17,24,26,30,32-35,39-47,49,51-56,58-59,61-68H,5,7-8,10-13,15-16,18-23,25,27-29,31,36-38H2. The molecule has 22 unspecified atom stereocenters. The second kappa shape index (κ2) is 18.7. The summed E-state index contributed by atoms with van der Waals surface area (Å²) in [4.78, 5) is 0. The Labute approximate surface area is 412 Å². The molecule has 0 spiro atoms. The Balaban J connectivity index is 0.663. The first-order chi connectivity index (χ1) is 33.7. The van der Waals surface area contributed by atoms with Crippen molar-refractivity contribution in [3.8, 4) is 0 Å². The molecule has 1 heterocycles. The third-order valence-corrected chi connectivity index (χ3v) is 23.1. The first kappa shape index (κ1) is 44.0. The van der Waals surface area contributed by atoms with Crippen LogP contribution in [0.15, 0.2) is 120 Å². The van der Waals surface area contributed by atoms with Crippen LogP contribution in [0.1, 0.15) is 148 Å². The molecule has 0 amide bonds. The summed E-state index contributed by atoms with van der Waals surface area (Å²) in [6.45, 7) is 0. The van der Waals surface area contributed by atoms with Gasteiger partial charge in [-0.25, -0.2) is 0 Å². The Morgan fingerprint density at radius 3 is 2.15 bits per heavy atom.